The Bertz CT molecular complexity index is 52.8. The van der Waals surface area contributed by atoms with Crippen LogP contribution < -0.4 is 0 Å². The van der Waals surface area contributed by atoms with Crippen LogP contribution in [0.4, 0.5) is 0 Å². The van der Waals surface area contributed by atoms with Gasteiger partial charge in [0.15, 0.2) is 0 Å². The molecule has 35 valence electrons. The van der Waals surface area contributed by atoms with Crippen molar-refractivity contribution in [1.82, 2.24) is 0 Å². The molecule has 6 heavy (non-hydrogen) atoms. The van der Waals surface area contributed by atoms with E-state index in [9.17, 15) is 10.1 Å². The lowest BCUT2D eigenvalue weighted by molar-refractivity contribution is -0.827. The first kappa shape index (κ1) is 5.40. The molecule has 3 heteroatoms. The zero-order chi connectivity index (χ0) is 4.99. The summed E-state index contributed by atoms with van der Waals surface area (Å²) in [5.74, 6) is 0. The second-order valence-corrected chi connectivity index (χ2v) is 1.06. The van der Waals surface area contributed by atoms with Crippen LogP contribution in [0.3, 0.4) is 0 Å². The molecular weight excluding hydrogens is 82.0 g/mol. The SMILES string of the molecule is CCC[N+]([O])=O. The molecule has 0 unspecified atom stereocenters. The van der Waals surface area contributed by atoms with Gasteiger partial charge in [-0.3, -0.25) is 0 Å². The van der Waals surface area contributed by atoms with Crippen LogP contribution in [0, 0.1) is 4.91 Å². The van der Waals surface area contributed by atoms with Crippen LogP contribution in [-0.4, -0.2) is 11.5 Å². The fourth-order valence-corrected chi connectivity index (χ4v) is 0.183. The lowest BCUT2D eigenvalue weighted by Crippen LogP contribution is -1.98. The van der Waals surface area contributed by atoms with Crippen molar-refractivity contribution in [2.45, 2.75) is 13.3 Å². The van der Waals surface area contributed by atoms with Gasteiger partial charge < -0.3 is 0 Å². The van der Waals surface area contributed by atoms with Gasteiger partial charge >= 0.3 is 0 Å². The molecule has 0 heterocycles. The van der Waals surface area contributed by atoms with Gasteiger partial charge in [-0.15, -0.1) is 0 Å². The fourth-order valence-electron chi connectivity index (χ4n) is 0.183. The molecule has 0 fully saturated rings. The van der Waals surface area contributed by atoms with E-state index in [0.717, 1.165) is 0 Å². The highest BCUT2D eigenvalue weighted by atomic mass is 16.6. The Labute approximate surface area is 36.1 Å². The van der Waals surface area contributed by atoms with E-state index in [-0.39, 0.29) is 11.5 Å². The molecule has 3 nitrogen and oxygen atoms in total. The van der Waals surface area contributed by atoms with E-state index in [2.05, 4.69) is 0 Å². The summed E-state index contributed by atoms with van der Waals surface area (Å²) in [7, 11) is 0. The molecular formula is C3H7NO2+. The summed E-state index contributed by atoms with van der Waals surface area (Å²) in [4.78, 5) is 9.09. The quantitative estimate of drug-likeness (QED) is 0.454. The fraction of sp³-hybridized carbons (Fsp3) is 1.00. The van der Waals surface area contributed by atoms with Crippen molar-refractivity contribution in [2.24, 2.45) is 0 Å². The van der Waals surface area contributed by atoms with Gasteiger partial charge in [-0.05, 0) is 0 Å². The van der Waals surface area contributed by atoms with Crippen LogP contribution in [0.15, 0.2) is 0 Å². The zero-order valence-electron chi connectivity index (χ0n) is 3.68. The van der Waals surface area contributed by atoms with Crippen molar-refractivity contribution in [3.63, 3.8) is 0 Å². The summed E-state index contributed by atoms with van der Waals surface area (Å²) in [6.07, 6.45) is 0.632. The second-order valence-electron chi connectivity index (χ2n) is 1.06. The summed E-state index contributed by atoms with van der Waals surface area (Å²) in [5.41, 5.74) is 0. The topological polar surface area (TPSA) is 40.0 Å². The van der Waals surface area contributed by atoms with Gasteiger partial charge in [0.1, 0.15) is 0 Å². The number of hydrogen-bond donors (Lipinski definition) is 0. The maximum Gasteiger partial charge on any atom is 0.270 e. The van der Waals surface area contributed by atoms with E-state index >= 15 is 0 Å². The highest BCUT2D eigenvalue weighted by molar-refractivity contribution is 4.11. The Morgan fingerprint density at radius 3 is 2.17 bits per heavy atom. The maximum atomic E-state index is 9.40. The Morgan fingerprint density at radius 2 is 2.17 bits per heavy atom. The second kappa shape index (κ2) is 2.63. The average Bonchev–Trinajstić information content (AvgIpc) is 1.35. The smallest absolute Gasteiger partial charge is 0.0590 e. The van der Waals surface area contributed by atoms with E-state index in [1.807, 2.05) is 0 Å². The van der Waals surface area contributed by atoms with E-state index in [1.165, 1.54) is 0 Å². The van der Waals surface area contributed by atoms with E-state index < -0.39 is 0 Å². The maximum absolute atomic E-state index is 9.40. The Morgan fingerprint density at radius 1 is 1.67 bits per heavy atom. The predicted octanol–water partition coefficient (Wildman–Crippen LogP) is 0.521. The zero-order valence-corrected chi connectivity index (χ0v) is 3.68. The third kappa shape index (κ3) is 3.40. The average molecular weight is 89.1 g/mol. The highest BCUT2D eigenvalue weighted by Crippen LogP contribution is 1.71. The van der Waals surface area contributed by atoms with Gasteiger partial charge in [0.2, 0.25) is 0 Å². The van der Waals surface area contributed by atoms with Gasteiger partial charge in [0.05, 0.1) is 10.1 Å². The molecule has 0 aliphatic heterocycles. The van der Waals surface area contributed by atoms with E-state index in [0.29, 0.717) is 6.42 Å². The summed E-state index contributed by atoms with van der Waals surface area (Å²) in [6.45, 7) is 1.88. The lowest BCUT2D eigenvalue weighted by Gasteiger charge is -1.65. The molecule has 0 aromatic heterocycles. The summed E-state index contributed by atoms with van der Waals surface area (Å²) >= 11 is 0. The minimum absolute atomic E-state index is 0.0972. The van der Waals surface area contributed by atoms with Crippen LogP contribution in [0.25, 0.3) is 0 Å². The van der Waals surface area contributed by atoms with Crippen molar-refractivity contribution in [3.8, 4) is 0 Å². The minimum Gasteiger partial charge on any atom is -0.0590 e. The third-order valence-electron chi connectivity index (χ3n) is 0.406. The van der Waals surface area contributed by atoms with Crippen molar-refractivity contribution in [3.05, 3.63) is 4.91 Å². The largest absolute Gasteiger partial charge is 0.270 e. The van der Waals surface area contributed by atoms with Crippen molar-refractivity contribution in [1.29, 1.82) is 0 Å². The first-order valence-electron chi connectivity index (χ1n) is 1.89. The molecule has 0 amide bonds. The molecule has 0 rings (SSSR count). The number of hydrogen-bond acceptors (Lipinski definition) is 1. The van der Waals surface area contributed by atoms with Crippen molar-refractivity contribution >= 4 is 0 Å². The number of rotatable bonds is 2. The molecule has 0 saturated heterocycles. The van der Waals surface area contributed by atoms with Crippen molar-refractivity contribution < 1.29 is 10.1 Å². The Balaban J connectivity index is 2.83. The first-order valence-corrected chi connectivity index (χ1v) is 1.89. The van der Waals surface area contributed by atoms with Gasteiger partial charge in [-0.1, -0.05) is 6.92 Å². The van der Waals surface area contributed by atoms with Gasteiger partial charge in [0, 0.05) is 6.42 Å². The summed E-state index contributed by atoms with van der Waals surface area (Å²) < 4.78 is 0. The summed E-state index contributed by atoms with van der Waals surface area (Å²) in [5, 5.41) is 9.40. The molecule has 0 bridgehead atoms. The van der Waals surface area contributed by atoms with Crippen LogP contribution >= 0.6 is 0 Å². The van der Waals surface area contributed by atoms with Crippen LogP contribution in [-0.2, 0) is 5.21 Å². The minimum atomic E-state index is -0.319. The summed E-state index contributed by atoms with van der Waals surface area (Å²) in [6, 6.07) is 0. The van der Waals surface area contributed by atoms with Crippen LogP contribution in [0.2, 0.25) is 0 Å². The van der Waals surface area contributed by atoms with Gasteiger partial charge in [0.25, 0.3) is 11.5 Å². The van der Waals surface area contributed by atoms with Crippen LogP contribution in [0.5, 0.6) is 0 Å². The van der Waals surface area contributed by atoms with Gasteiger partial charge in [-0.25, -0.2) is 0 Å². The molecule has 0 aromatic rings. The van der Waals surface area contributed by atoms with Gasteiger partial charge in [-0.2, -0.15) is 0 Å². The molecule has 0 spiro atoms. The third-order valence-corrected chi connectivity index (χ3v) is 0.406. The number of nitrogens with zero attached hydrogens (tertiary/aromatic N) is 1. The monoisotopic (exact) mass is 89.0 g/mol. The van der Waals surface area contributed by atoms with E-state index in [1.54, 1.807) is 6.92 Å². The molecule has 0 aliphatic carbocycles. The highest BCUT2D eigenvalue weighted by Gasteiger charge is 1.99. The molecule has 0 atom stereocenters. The molecule has 0 saturated carbocycles. The van der Waals surface area contributed by atoms with E-state index in [4.69, 9.17) is 0 Å². The molecule has 0 N–H and O–H groups in total. The Kier molecular flexibility index (Phi) is 2.36. The normalized spacial score (nSPS) is 8.17. The lowest BCUT2D eigenvalue weighted by atomic mass is 10.5. The molecule has 1 radical (unpaired) electrons. The molecule has 0 aliphatic rings. The predicted molar refractivity (Wildman–Crippen MR) is 19.5 cm³/mol. The standard InChI is InChI=1S/C3H7NO2/c1-2-3-4(5)6/h2-3H2,1H3/q+1. The van der Waals surface area contributed by atoms with Crippen LogP contribution in [0.1, 0.15) is 13.3 Å². The Hall–Kier alpha value is -0.600. The van der Waals surface area contributed by atoms with Crippen molar-refractivity contribution in [2.75, 3.05) is 6.54 Å². The molecule has 0 aromatic carbocycles. The first-order chi connectivity index (χ1) is 2.77.